The summed E-state index contributed by atoms with van der Waals surface area (Å²) in [6, 6.07) is 1.44. The fourth-order valence-corrected chi connectivity index (χ4v) is 3.06. The van der Waals surface area contributed by atoms with E-state index in [9.17, 15) is 9.18 Å². The molecule has 0 spiro atoms. The Kier molecular flexibility index (Phi) is 3.41. The van der Waals surface area contributed by atoms with Crippen molar-refractivity contribution in [1.82, 2.24) is 15.2 Å². The largest absolute Gasteiger partial charge is 0.346 e. The first-order valence-corrected chi connectivity index (χ1v) is 6.85. The molecule has 4 nitrogen and oxygen atoms in total. The van der Waals surface area contributed by atoms with Gasteiger partial charge in [0.25, 0.3) is 5.91 Å². The molecule has 19 heavy (non-hydrogen) atoms. The van der Waals surface area contributed by atoms with Gasteiger partial charge < -0.3 is 10.2 Å². The number of piperidine rings is 3. The summed E-state index contributed by atoms with van der Waals surface area (Å²) in [5, 5.41) is 2.91. The number of nitrogens with one attached hydrogen (secondary N) is 1. The molecule has 6 heteroatoms. The standard InChI is InChI=1S/C13H15ClFN3O/c14-9-5-11(16-6-10(9)15)13(19)17-12-7-18-3-1-8(12)2-4-18/h5-6,8,12H,1-4,7H2,(H,17,19)/t12-/m0/s1. The quantitative estimate of drug-likeness (QED) is 0.898. The molecule has 3 aliphatic rings. The highest BCUT2D eigenvalue weighted by Gasteiger charge is 2.35. The molecule has 0 saturated carbocycles. The third kappa shape index (κ3) is 2.58. The number of fused-ring (bicyclic) bond motifs is 3. The number of hydrogen-bond donors (Lipinski definition) is 1. The monoisotopic (exact) mass is 283 g/mol. The maximum Gasteiger partial charge on any atom is 0.270 e. The van der Waals surface area contributed by atoms with Crippen LogP contribution in [0, 0.1) is 11.7 Å². The lowest BCUT2D eigenvalue weighted by atomic mass is 9.84. The van der Waals surface area contributed by atoms with E-state index in [1.54, 1.807) is 0 Å². The first-order valence-electron chi connectivity index (χ1n) is 6.48. The van der Waals surface area contributed by atoms with Crippen LogP contribution >= 0.6 is 11.6 Å². The fraction of sp³-hybridized carbons (Fsp3) is 0.538. The number of amides is 1. The summed E-state index contributed by atoms with van der Waals surface area (Å²) in [4.78, 5) is 18.2. The van der Waals surface area contributed by atoms with Crippen LogP contribution in [0.5, 0.6) is 0 Å². The number of rotatable bonds is 2. The highest BCUT2D eigenvalue weighted by atomic mass is 35.5. The maximum atomic E-state index is 13.0. The summed E-state index contributed by atoms with van der Waals surface area (Å²) in [6.45, 7) is 3.14. The Morgan fingerprint density at radius 3 is 2.79 bits per heavy atom. The molecule has 1 aromatic heterocycles. The Labute approximate surface area is 115 Å². The van der Waals surface area contributed by atoms with Crippen LogP contribution in [0.25, 0.3) is 0 Å². The normalized spacial score (nSPS) is 29.3. The van der Waals surface area contributed by atoms with Crippen molar-refractivity contribution in [3.05, 3.63) is 28.8 Å². The van der Waals surface area contributed by atoms with E-state index in [4.69, 9.17) is 11.6 Å². The lowest BCUT2D eigenvalue weighted by Gasteiger charge is -2.44. The van der Waals surface area contributed by atoms with Gasteiger partial charge in [-0.05, 0) is 37.9 Å². The average Bonchev–Trinajstić information content (AvgIpc) is 2.43. The summed E-state index contributed by atoms with van der Waals surface area (Å²) < 4.78 is 13.0. The SMILES string of the molecule is O=C(N[C@H]1CN2CCC1CC2)c1cc(Cl)c(F)cn1. The van der Waals surface area contributed by atoms with Crippen LogP contribution in [0.15, 0.2) is 12.3 Å². The van der Waals surface area contributed by atoms with E-state index in [1.807, 2.05) is 0 Å². The lowest BCUT2D eigenvalue weighted by molar-refractivity contribution is 0.0617. The van der Waals surface area contributed by atoms with E-state index in [2.05, 4.69) is 15.2 Å². The van der Waals surface area contributed by atoms with Crippen LogP contribution in [0.1, 0.15) is 23.3 Å². The number of carbonyl (C=O) groups is 1. The predicted molar refractivity (Wildman–Crippen MR) is 69.6 cm³/mol. The number of halogens is 2. The van der Waals surface area contributed by atoms with Crippen LogP contribution in [0.3, 0.4) is 0 Å². The average molecular weight is 284 g/mol. The minimum absolute atomic E-state index is 0.0749. The summed E-state index contributed by atoms with van der Waals surface area (Å²) in [5.41, 5.74) is 0.169. The van der Waals surface area contributed by atoms with Gasteiger partial charge in [0.05, 0.1) is 11.2 Å². The first-order chi connectivity index (χ1) is 9.13. The van der Waals surface area contributed by atoms with Crippen molar-refractivity contribution in [1.29, 1.82) is 0 Å². The van der Waals surface area contributed by atoms with E-state index >= 15 is 0 Å². The van der Waals surface area contributed by atoms with Gasteiger partial charge in [0.15, 0.2) is 5.82 Å². The third-order valence-electron chi connectivity index (χ3n) is 4.01. The molecule has 1 atom stereocenters. The highest BCUT2D eigenvalue weighted by molar-refractivity contribution is 6.31. The second-order valence-corrected chi connectivity index (χ2v) is 5.61. The van der Waals surface area contributed by atoms with Crippen LogP contribution in [0.2, 0.25) is 5.02 Å². The highest BCUT2D eigenvalue weighted by Crippen LogP contribution is 2.27. The molecule has 4 heterocycles. The van der Waals surface area contributed by atoms with E-state index < -0.39 is 5.82 Å². The Balaban J connectivity index is 1.69. The molecule has 0 aliphatic carbocycles. The third-order valence-corrected chi connectivity index (χ3v) is 4.30. The van der Waals surface area contributed by atoms with Gasteiger partial charge in [-0.15, -0.1) is 0 Å². The lowest BCUT2D eigenvalue weighted by Crippen LogP contribution is -2.57. The van der Waals surface area contributed by atoms with Crippen molar-refractivity contribution in [2.24, 2.45) is 5.92 Å². The minimum atomic E-state index is -0.610. The Hall–Kier alpha value is -1.20. The zero-order valence-electron chi connectivity index (χ0n) is 10.4. The molecule has 0 radical (unpaired) electrons. The van der Waals surface area contributed by atoms with Crippen molar-refractivity contribution in [2.45, 2.75) is 18.9 Å². The van der Waals surface area contributed by atoms with Gasteiger partial charge >= 0.3 is 0 Å². The Morgan fingerprint density at radius 2 is 2.21 bits per heavy atom. The molecule has 1 amide bonds. The van der Waals surface area contributed by atoms with Crippen molar-refractivity contribution in [3.8, 4) is 0 Å². The van der Waals surface area contributed by atoms with Gasteiger partial charge in [-0.25, -0.2) is 9.37 Å². The molecule has 0 unspecified atom stereocenters. The predicted octanol–water partition coefficient (Wildman–Crippen LogP) is 1.70. The number of nitrogens with zero attached hydrogens (tertiary/aromatic N) is 2. The molecule has 0 aromatic carbocycles. The van der Waals surface area contributed by atoms with E-state index in [0.717, 1.165) is 38.7 Å². The molecule has 4 rings (SSSR count). The van der Waals surface area contributed by atoms with Crippen LogP contribution in [-0.2, 0) is 0 Å². The summed E-state index contributed by atoms with van der Waals surface area (Å²) in [7, 11) is 0. The Bertz CT molecular complexity index is 503. The van der Waals surface area contributed by atoms with Crippen molar-refractivity contribution in [3.63, 3.8) is 0 Å². The van der Waals surface area contributed by atoms with Gasteiger partial charge in [0, 0.05) is 12.6 Å². The zero-order chi connectivity index (χ0) is 13.4. The van der Waals surface area contributed by atoms with Crippen molar-refractivity contribution in [2.75, 3.05) is 19.6 Å². The van der Waals surface area contributed by atoms with E-state index in [0.29, 0.717) is 5.92 Å². The topological polar surface area (TPSA) is 45.2 Å². The van der Waals surface area contributed by atoms with Gasteiger partial charge in [-0.1, -0.05) is 11.6 Å². The molecule has 3 fully saturated rings. The number of aromatic nitrogens is 1. The molecule has 2 bridgehead atoms. The smallest absolute Gasteiger partial charge is 0.270 e. The van der Waals surface area contributed by atoms with Crippen molar-refractivity contribution < 1.29 is 9.18 Å². The summed E-state index contributed by atoms with van der Waals surface area (Å²) in [5.74, 6) is -0.341. The molecule has 1 N–H and O–H groups in total. The van der Waals surface area contributed by atoms with E-state index in [1.165, 1.54) is 6.07 Å². The molecule has 1 aromatic rings. The maximum absolute atomic E-state index is 13.0. The molecule has 3 aliphatic heterocycles. The second kappa shape index (κ2) is 5.06. The van der Waals surface area contributed by atoms with Gasteiger partial charge in [-0.2, -0.15) is 0 Å². The number of pyridine rings is 1. The second-order valence-electron chi connectivity index (χ2n) is 5.20. The van der Waals surface area contributed by atoms with Crippen LogP contribution in [-0.4, -0.2) is 41.5 Å². The van der Waals surface area contributed by atoms with Crippen LogP contribution < -0.4 is 5.32 Å². The van der Waals surface area contributed by atoms with E-state index in [-0.39, 0.29) is 22.7 Å². The molecule has 102 valence electrons. The Morgan fingerprint density at radius 1 is 1.47 bits per heavy atom. The summed E-state index contributed by atoms with van der Waals surface area (Å²) in [6.07, 6.45) is 3.23. The summed E-state index contributed by atoms with van der Waals surface area (Å²) >= 11 is 5.66. The van der Waals surface area contributed by atoms with Gasteiger partial charge in [-0.3, -0.25) is 4.79 Å². The zero-order valence-corrected chi connectivity index (χ0v) is 11.2. The van der Waals surface area contributed by atoms with Crippen LogP contribution in [0.4, 0.5) is 4.39 Å². The van der Waals surface area contributed by atoms with Gasteiger partial charge in [0.2, 0.25) is 0 Å². The molecule has 3 saturated heterocycles. The molecular formula is C13H15ClFN3O. The number of carbonyl (C=O) groups excluding carboxylic acids is 1. The van der Waals surface area contributed by atoms with Crippen molar-refractivity contribution >= 4 is 17.5 Å². The van der Waals surface area contributed by atoms with Gasteiger partial charge in [0.1, 0.15) is 5.69 Å². The minimum Gasteiger partial charge on any atom is -0.346 e. The number of hydrogen-bond acceptors (Lipinski definition) is 3. The fourth-order valence-electron chi connectivity index (χ4n) is 2.91. The first kappa shape index (κ1) is 12.8. The molecular weight excluding hydrogens is 269 g/mol.